The van der Waals surface area contributed by atoms with Crippen molar-refractivity contribution in [2.75, 3.05) is 12.4 Å². The third kappa shape index (κ3) is 3.12. The van der Waals surface area contributed by atoms with Gasteiger partial charge in [-0.15, -0.1) is 0 Å². The standard InChI is InChI=1S/C12H15N3O4/c1-7-5-10(7)14-12(16)13-9-4-3-8(15(17)18)6-11(9)19-2/h3-4,6-7,10H,5H2,1-2H3,(H2,13,14,16)/t7-,10-/m0/s1. The number of carbonyl (C=O) groups is 1. The van der Waals surface area contributed by atoms with Crippen molar-refractivity contribution < 1.29 is 14.5 Å². The summed E-state index contributed by atoms with van der Waals surface area (Å²) in [4.78, 5) is 21.8. The molecule has 0 radical (unpaired) electrons. The number of methoxy groups -OCH3 is 1. The van der Waals surface area contributed by atoms with Crippen LogP contribution in [-0.2, 0) is 0 Å². The third-order valence-corrected chi connectivity index (χ3v) is 3.07. The molecule has 0 bridgehead atoms. The zero-order valence-corrected chi connectivity index (χ0v) is 10.7. The van der Waals surface area contributed by atoms with Crippen molar-refractivity contribution in [1.82, 2.24) is 5.32 Å². The number of nitro benzene ring substituents is 1. The number of nitro groups is 1. The number of anilines is 1. The Morgan fingerprint density at radius 1 is 1.53 bits per heavy atom. The van der Waals surface area contributed by atoms with E-state index in [1.165, 1.54) is 25.3 Å². The second-order valence-electron chi connectivity index (χ2n) is 4.56. The number of ether oxygens (including phenoxy) is 1. The van der Waals surface area contributed by atoms with Crippen molar-refractivity contribution in [1.29, 1.82) is 0 Å². The Balaban J connectivity index is 2.06. The average molecular weight is 265 g/mol. The van der Waals surface area contributed by atoms with E-state index >= 15 is 0 Å². The molecule has 0 saturated heterocycles. The molecule has 1 fully saturated rings. The zero-order valence-electron chi connectivity index (χ0n) is 10.7. The van der Waals surface area contributed by atoms with Gasteiger partial charge in [-0.3, -0.25) is 10.1 Å². The van der Waals surface area contributed by atoms with Crippen molar-refractivity contribution in [3.05, 3.63) is 28.3 Å². The van der Waals surface area contributed by atoms with Crippen LogP contribution >= 0.6 is 0 Å². The van der Waals surface area contributed by atoms with Crippen molar-refractivity contribution >= 4 is 17.4 Å². The molecule has 1 aromatic carbocycles. The van der Waals surface area contributed by atoms with Gasteiger partial charge in [0.25, 0.3) is 5.69 Å². The Hall–Kier alpha value is -2.31. The minimum absolute atomic E-state index is 0.0846. The maximum absolute atomic E-state index is 11.7. The number of nitrogens with zero attached hydrogens (tertiary/aromatic N) is 1. The van der Waals surface area contributed by atoms with Crippen LogP contribution in [-0.4, -0.2) is 24.1 Å². The Morgan fingerprint density at radius 3 is 2.74 bits per heavy atom. The first-order valence-electron chi connectivity index (χ1n) is 5.91. The maximum Gasteiger partial charge on any atom is 0.319 e. The van der Waals surface area contributed by atoms with Gasteiger partial charge in [-0.2, -0.15) is 0 Å². The molecule has 0 unspecified atom stereocenters. The number of hydrogen-bond donors (Lipinski definition) is 2. The van der Waals surface area contributed by atoms with E-state index in [9.17, 15) is 14.9 Å². The van der Waals surface area contributed by atoms with Crippen LogP contribution in [0.4, 0.5) is 16.2 Å². The van der Waals surface area contributed by atoms with E-state index < -0.39 is 4.92 Å². The highest BCUT2D eigenvalue weighted by Gasteiger charge is 2.33. The third-order valence-electron chi connectivity index (χ3n) is 3.07. The number of nitrogens with one attached hydrogen (secondary N) is 2. The molecule has 1 aliphatic rings. The highest BCUT2D eigenvalue weighted by atomic mass is 16.6. The number of amides is 2. The van der Waals surface area contributed by atoms with Gasteiger partial charge in [0.2, 0.25) is 0 Å². The van der Waals surface area contributed by atoms with E-state index in [0.717, 1.165) is 6.42 Å². The van der Waals surface area contributed by atoms with Gasteiger partial charge in [0, 0.05) is 12.1 Å². The highest BCUT2D eigenvalue weighted by Crippen LogP contribution is 2.31. The lowest BCUT2D eigenvalue weighted by atomic mass is 10.2. The van der Waals surface area contributed by atoms with Crippen molar-refractivity contribution in [3.63, 3.8) is 0 Å². The van der Waals surface area contributed by atoms with E-state index in [0.29, 0.717) is 11.6 Å². The molecule has 0 spiro atoms. The normalized spacial score (nSPS) is 20.5. The fourth-order valence-corrected chi connectivity index (χ4v) is 1.75. The van der Waals surface area contributed by atoms with Crippen LogP contribution in [0.15, 0.2) is 18.2 Å². The first kappa shape index (κ1) is 13.1. The van der Waals surface area contributed by atoms with Crippen LogP contribution in [0.2, 0.25) is 0 Å². The quantitative estimate of drug-likeness (QED) is 0.644. The summed E-state index contributed by atoms with van der Waals surface area (Å²) in [6.07, 6.45) is 0.977. The fraction of sp³-hybridized carbons (Fsp3) is 0.417. The van der Waals surface area contributed by atoms with Gasteiger partial charge in [0.1, 0.15) is 5.75 Å². The second-order valence-corrected chi connectivity index (χ2v) is 4.56. The van der Waals surface area contributed by atoms with E-state index in [1.54, 1.807) is 0 Å². The van der Waals surface area contributed by atoms with E-state index in [-0.39, 0.29) is 23.5 Å². The molecule has 2 N–H and O–H groups in total. The molecule has 2 atom stereocenters. The lowest BCUT2D eigenvalue weighted by molar-refractivity contribution is -0.384. The van der Waals surface area contributed by atoms with E-state index in [1.807, 2.05) is 0 Å². The van der Waals surface area contributed by atoms with Crippen LogP contribution in [0.25, 0.3) is 0 Å². The predicted octanol–water partition coefficient (Wildman–Crippen LogP) is 2.13. The summed E-state index contributed by atoms with van der Waals surface area (Å²) in [5.74, 6) is 0.762. The van der Waals surface area contributed by atoms with Crippen LogP contribution in [0.5, 0.6) is 5.75 Å². The molecular weight excluding hydrogens is 250 g/mol. The number of rotatable bonds is 4. The number of carbonyl (C=O) groups excluding carboxylic acids is 1. The van der Waals surface area contributed by atoms with E-state index in [4.69, 9.17) is 4.74 Å². The summed E-state index contributed by atoms with van der Waals surface area (Å²) >= 11 is 0. The monoisotopic (exact) mass is 265 g/mol. The molecule has 0 aromatic heterocycles. The lowest BCUT2D eigenvalue weighted by Gasteiger charge is -2.10. The van der Waals surface area contributed by atoms with Crippen molar-refractivity contribution in [2.24, 2.45) is 5.92 Å². The van der Waals surface area contributed by atoms with Gasteiger partial charge in [0.15, 0.2) is 0 Å². The summed E-state index contributed by atoms with van der Waals surface area (Å²) in [5, 5.41) is 16.1. The minimum Gasteiger partial charge on any atom is -0.494 e. The fourth-order valence-electron chi connectivity index (χ4n) is 1.75. The summed E-state index contributed by atoms with van der Waals surface area (Å²) in [5.41, 5.74) is 0.317. The van der Waals surface area contributed by atoms with Crippen molar-refractivity contribution in [2.45, 2.75) is 19.4 Å². The Bertz CT molecular complexity index is 518. The molecule has 7 nitrogen and oxygen atoms in total. The molecule has 1 aliphatic carbocycles. The summed E-state index contributed by atoms with van der Waals surface area (Å²) in [6, 6.07) is 3.92. The number of hydrogen-bond acceptors (Lipinski definition) is 4. The minimum atomic E-state index is -0.516. The van der Waals surface area contributed by atoms with Gasteiger partial charge < -0.3 is 15.4 Å². The lowest BCUT2D eigenvalue weighted by Crippen LogP contribution is -2.31. The highest BCUT2D eigenvalue weighted by molar-refractivity contribution is 5.91. The molecule has 1 aromatic rings. The molecule has 2 rings (SSSR count). The molecule has 0 aliphatic heterocycles. The van der Waals surface area contributed by atoms with Crippen molar-refractivity contribution in [3.8, 4) is 5.75 Å². The van der Waals surface area contributed by atoms with Gasteiger partial charge >= 0.3 is 6.03 Å². The van der Waals surface area contributed by atoms with Crippen LogP contribution in [0.3, 0.4) is 0 Å². The Morgan fingerprint density at radius 2 is 2.21 bits per heavy atom. The topological polar surface area (TPSA) is 93.5 Å². The maximum atomic E-state index is 11.7. The summed E-state index contributed by atoms with van der Waals surface area (Å²) < 4.78 is 5.03. The molecule has 1 saturated carbocycles. The van der Waals surface area contributed by atoms with E-state index in [2.05, 4.69) is 17.6 Å². The smallest absolute Gasteiger partial charge is 0.319 e. The number of non-ortho nitro benzene ring substituents is 1. The van der Waals surface area contributed by atoms with Gasteiger partial charge in [-0.25, -0.2) is 4.79 Å². The summed E-state index contributed by atoms with van der Waals surface area (Å²) in [7, 11) is 1.39. The molecule has 19 heavy (non-hydrogen) atoms. The second kappa shape index (κ2) is 5.13. The largest absolute Gasteiger partial charge is 0.494 e. The Labute approximate surface area is 110 Å². The SMILES string of the molecule is COc1cc([N+](=O)[O-])ccc1NC(=O)N[C@H]1C[C@@H]1C. The molecule has 0 heterocycles. The van der Waals surface area contributed by atoms with Crippen LogP contribution in [0.1, 0.15) is 13.3 Å². The van der Waals surface area contributed by atoms with Crippen LogP contribution in [0, 0.1) is 16.0 Å². The Kier molecular flexibility index (Phi) is 3.55. The van der Waals surface area contributed by atoms with Gasteiger partial charge in [0.05, 0.1) is 23.8 Å². The zero-order chi connectivity index (χ0) is 14.0. The number of benzene rings is 1. The van der Waals surface area contributed by atoms with Crippen LogP contribution < -0.4 is 15.4 Å². The summed E-state index contributed by atoms with van der Waals surface area (Å²) in [6.45, 7) is 2.05. The molecule has 102 valence electrons. The molecule has 7 heteroatoms. The first-order valence-corrected chi connectivity index (χ1v) is 5.91. The molecule has 2 amide bonds. The van der Waals surface area contributed by atoms with Gasteiger partial charge in [-0.1, -0.05) is 6.92 Å². The predicted molar refractivity (Wildman–Crippen MR) is 69.4 cm³/mol. The van der Waals surface area contributed by atoms with Gasteiger partial charge in [-0.05, 0) is 18.4 Å². The first-order chi connectivity index (χ1) is 9.01. The number of urea groups is 1. The molecular formula is C12H15N3O4. The average Bonchev–Trinajstić information content (AvgIpc) is 3.04.